The van der Waals surface area contributed by atoms with Crippen molar-refractivity contribution < 1.29 is 49.0 Å². The fraction of sp³-hybridized carbons (Fsp3) is 0.367. The minimum Gasteiger partial charge on any atom is -0.507 e. The van der Waals surface area contributed by atoms with Gasteiger partial charge in [0, 0.05) is 47.6 Å². The van der Waals surface area contributed by atoms with Crippen molar-refractivity contribution in [2.24, 2.45) is 5.73 Å². The molecule has 2 aliphatic carbocycles. The lowest BCUT2D eigenvalue weighted by molar-refractivity contribution is -0.248. The van der Waals surface area contributed by atoms with Gasteiger partial charge in [-0.2, -0.15) is 0 Å². The van der Waals surface area contributed by atoms with Gasteiger partial charge in [0.1, 0.15) is 23.7 Å². The van der Waals surface area contributed by atoms with Crippen molar-refractivity contribution in [2.45, 2.75) is 62.4 Å². The number of hydrogen-bond donors (Lipinski definition) is 6. The van der Waals surface area contributed by atoms with Crippen LogP contribution in [0, 0.1) is 0 Å². The molecule has 226 valence electrons. The first kappa shape index (κ1) is 29.2. The Kier molecular flexibility index (Phi) is 7.49. The second-order valence-electron chi connectivity index (χ2n) is 11.1. The number of amides is 1. The molecule has 13 heteroatoms. The molecule has 12 nitrogen and oxygen atoms in total. The Morgan fingerprint density at radius 1 is 1.12 bits per heavy atom. The van der Waals surface area contributed by atoms with Gasteiger partial charge < -0.3 is 40.4 Å². The summed E-state index contributed by atoms with van der Waals surface area (Å²) in [6, 6.07) is 8.81. The van der Waals surface area contributed by atoms with Gasteiger partial charge in [-0.05, 0) is 24.4 Å². The van der Waals surface area contributed by atoms with Gasteiger partial charge in [-0.3, -0.25) is 14.9 Å². The number of ketones is 2. The fourth-order valence-electron chi connectivity index (χ4n) is 6.03. The Morgan fingerprint density at radius 2 is 1.79 bits per heavy atom. The van der Waals surface area contributed by atoms with Crippen LogP contribution in [0.15, 0.2) is 41.8 Å². The summed E-state index contributed by atoms with van der Waals surface area (Å²) in [6.07, 6.45) is -5.18. The number of carbonyl (C=O) groups excluding carboxylic acids is 3. The first-order valence-corrected chi connectivity index (χ1v) is 14.6. The summed E-state index contributed by atoms with van der Waals surface area (Å²) in [7, 11) is 0. The summed E-state index contributed by atoms with van der Waals surface area (Å²) in [5.41, 5.74) is 3.61. The minimum atomic E-state index is -1.83. The molecule has 6 rings (SSSR count). The van der Waals surface area contributed by atoms with Crippen molar-refractivity contribution in [2.75, 3.05) is 11.9 Å². The van der Waals surface area contributed by atoms with E-state index in [2.05, 4.69) is 5.32 Å². The number of aliphatic hydroxyl groups excluding tert-OH is 1. The molecule has 0 radical (unpaired) electrons. The predicted octanol–water partition coefficient (Wildman–Crippen LogP) is 2.74. The third-order valence-corrected chi connectivity index (χ3v) is 8.92. The molecule has 0 saturated carbocycles. The molecule has 1 aliphatic heterocycles. The third kappa shape index (κ3) is 5.18. The lowest BCUT2D eigenvalue weighted by atomic mass is 9.73. The van der Waals surface area contributed by atoms with Crippen LogP contribution in [0.25, 0.3) is 0 Å². The average molecular weight is 611 g/mol. The zero-order valence-corrected chi connectivity index (χ0v) is 23.8. The van der Waals surface area contributed by atoms with Crippen LogP contribution in [-0.2, 0) is 20.6 Å². The lowest BCUT2D eigenvalue weighted by Gasteiger charge is -2.42. The van der Waals surface area contributed by atoms with Crippen LogP contribution < -0.4 is 11.1 Å². The normalized spacial score (nSPS) is 28.0. The van der Waals surface area contributed by atoms with E-state index in [1.54, 1.807) is 36.6 Å². The number of aliphatic hydroxyl groups is 2. The van der Waals surface area contributed by atoms with E-state index in [1.165, 1.54) is 23.5 Å². The molecule has 1 unspecified atom stereocenters. The quantitative estimate of drug-likeness (QED) is 0.182. The second kappa shape index (κ2) is 11.0. The van der Waals surface area contributed by atoms with Crippen molar-refractivity contribution in [1.29, 1.82) is 0 Å². The van der Waals surface area contributed by atoms with Crippen molar-refractivity contribution in [1.82, 2.24) is 0 Å². The van der Waals surface area contributed by atoms with Gasteiger partial charge in [-0.25, -0.2) is 4.79 Å². The van der Waals surface area contributed by atoms with Crippen molar-refractivity contribution in [3.05, 3.63) is 75.2 Å². The molecule has 1 saturated heterocycles. The number of ether oxygens (including phenoxy) is 3. The lowest BCUT2D eigenvalue weighted by Crippen LogP contribution is -2.52. The summed E-state index contributed by atoms with van der Waals surface area (Å²) < 4.78 is 17.3. The zero-order valence-electron chi connectivity index (χ0n) is 23.0. The number of aromatic hydroxyl groups is 2. The van der Waals surface area contributed by atoms with E-state index in [0.29, 0.717) is 5.00 Å². The van der Waals surface area contributed by atoms with Crippen molar-refractivity contribution in [3.63, 3.8) is 0 Å². The first-order chi connectivity index (χ1) is 20.5. The molecule has 6 atom stereocenters. The summed E-state index contributed by atoms with van der Waals surface area (Å²) in [4.78, 5) is 39.5. The summed E-state index contributed by atoms with van der Waals surface area (Å²) in [6.45, 7) is 1.09. The molecule has 43 heavy (non-hydrogen) atoms. The highest BCUT2D eigenvalue weighted by Crippen LogP contribution is 2.52. The number of phenols is 2. The molecule has 2 heterocycles. The number of phenolic OH excluding ortho intramolecular Hbond substituents is 2. The Balaban J connectivity index is 1.39. The molecule has 2 aromatic carbocycles. The Bertz CT molecular complexity index is 1600. The highest BCUT2D eigenvalue weighted by molar-refractivity contribution is 7.14. The third-order valence-electron chi connectivity index (χ3n) is 8.14. The monoisotopic (exact) mass is 610 g/mol. The topological polar surface area (TPSA) is 198 Å². The Morgan fingerprint density at radius 3 is 2.42 bits per heavy atom. The Hall–Kier alpha value is -3.85. The van der Waals surface area contributed by atoms with E-state index in [-0.39, 0.29) is 52.6 Å². The number of hydrogen-bond acceptors (Lipinski definition) is 12. The molecule has 0 spiro atoms. The maximum atomic E-state index is 13.5. The number of nitrogens with two attached hydrogens (primary N) is 1. The van der Waals surface area contributed by atoms with Crippen LogP contribution in [0.4, 0.5) is 9.80 Å². The molecule has 1 aromatic heterocycles. The number of fused-ring (bicyclic) bond motifs is 3. The predicted molar refractivity (Wildman–Crippen MR) is 152 cm³/mol. The largest absolute Gasteiger partial charge is 0.507 e. The van der Waals surface area contributed by atoms with Crippen LogP contribution in [0.2, 0.25) is 0 Å². The standard InChI is InChI=1S/C30H30N2O10S/c1-13-24(33)17(31)9-20(41-13)42-18-11-30(39,12-40-29(38)32-19-7-4-8-43-19)10-16-21(18)28(37)23-22(27(16)36)25(34)14-5-2-3-6-15(14)26(23)35/h2-8,13,17-18,20,24,33,36-37,39H,9-12,31H2,1H3,(H,32,38)/t13-,17+,18+,20+,24+,30?/m1/s1. The van der Waals surface area contributed by atoms with Crippen LogP contribution in [0.1, 0.15) is 68.8 Å². The molecule has 3 aliphatic rings. The smallest absolute Gasteiger partial charge is 0.412 e. The van der Waals surface area contributed by atoms with Gasteiger partial charge in [-0.1, -0.05) is 24.3 Å². The maximum Gasteiger partial charge on any atom is 0.412 e. The number of anilines is 1. The number of benzene rings is 2. The Labute approximate surface area is 249 Å². The molecule has 1 amide bonds. The van der Waals surface area contributed by atoms with Gasteiger partial charge in [-0.15, -0.1) is 11.3 Å². The average Bonchev–Trinajstić information content (AvgIpc) is 3.48. The fourth-order valence-corrected chi connectivity index (χ4v) is 6.63. The van der Waals surface area contributed by atoms with Gasteiger partial charge in [0.15, 0.2) is 17.9 Å². The number of carbonyl (C=O) groups is 3. The van der Waals surface area contributed by atoms with Crippen molar-refractivity contribution in [3.8, 4) is 11.5 Å². The molecular weight excluding hydrogens is 580 g/mol. The van der Waals surface area contributed by atoms with E-state index in [0.717, 1.165) is 0 Å². The summed E-state index contributed by atoms with van der Waals surface area (Å²) in [5, 5.41) is 49.8. The van der Waals surface area contributed by atoms with Gasteiger partial charge in [0.2, 0.25) is 0 Å². The molecule has 1 fully saturated rings. The molecule has 0 bridgehead atoms. The minimum absolute atomic E-state index is 0.000407. The number of nitrogens with one attached hydrogen (secondary N) is 1. The van der Waals surface area contributed by atoms with E-state index in [9.17, 15) is 34.8 Å². The van der Waals surface area contributed by atoms with E-state index < -0.39 is 72.0 Å². The second-order valence-corrected chi connectivity index (χ2v) is 12.1. The van der Waals surface area contributed by atoms with E-state index >= 15 is 0 Å². The summed E-state index contributed by atoms with van der Waals surface area (Å²) in [5.74, 6) is -2.47. The molecule has 7 N–H and O–H groups in total. The van der Waals surface area contributed by atoms with Crippen LogP contribution >= 0.6 is 11.3 Å². The van der Waals surface area contributed by atoms with Gasteiger partial charge >= 0.3 is 6.09 Å². The zero-order chi connectivity index (χ0) is 30.6. The van der Waals surface area contributed by atoms with Gasteiger partial charge in [0.05, 0.1) is 34.4 Å². The van der Waals surface area contributed by atoms with Crippen LogP contribution in [0.3, 0.4) is 0 Å². The van der Waals surface area contributed by atoms with Gasteiger partial charge in [0.25, 0.3) is 0 Å². The number of thiophene rings is 1. The number of rotatable bonds is 5. The molecular formula is C30H30N2O10S. The first-order valence-electron chi connectivity index (χ1n) is 13.7. The van der Waals surface area contributed by atoms with Crippen LogP contribution in [0.5, 0.6) is 11.5 Å². The molecule has 3 aromatic rings. The SMILES string of the molecule is C[C@H]1O[C@@H](O[C@H]2CC(O)(COC(=O)Nc3cccs3)Cc3c(O)c4c(c(O)c32)C(=O)c2ccccc2C4=O)C[C@H](N)[C@H]1O. The van der Waals surface area contributed by atoms with E-state index in [1.807, 2.05) is 0 Å². The summed E-state index contributed by atoms with van der Waals surface area (Å²) >= 11 is 1.28. The van der Waals surface area contributed by atoms with Crippen LogP contribution in [-0.4, -0.2) is 74.8 Å². The van der Waals surface area contributed by atoms with Crippen molar-refractivity contribution >= 4 is 34.0 Å². The highest BCUT2D eigenvalue weighted by Gasteiger charge is 2.48. The maximum absolute atomic E-state index is 13.5. The van der Waals surface area contributed by atoms with E-state index in [4.69, 9.17) is 19.9 Å². The highest BCUT2D eigenvalue weighted by atomic mass is 32.1.